The summed E-state index contributed by atoms with van der Waals surface area (Å²) in [7, 11) is 0. The van der Waals surface area contributed by atoms with E-state index in [0.717, 1.165) is 24.8 Å². The minimum Gasteiger partial charge on any atom is -0.432 e. The summed E-state index contributed by atoms with van der Waals surface area (Å²) in [4.78, 5) is 41.8. The fourth-order valence-corrected chi connectivity index (χ4v) is 7.82. The Labute approximate surface area is 222 Å². The summed E-state index contributed by atoms with van der Waals surface area (Å²) in [6.45, 7) is 5.63. The van der Waals surface area contributed by atoms with Crippen molar-refractivity contribution < 1.29 is 49.0 Å². The van der Waals surface area contributed by atoms with E-state index in [4.69, 9.17) is 24.6 Å². The molecule has 0 radical (unpaired) electrons. The Kier molecular flexibility index (Phi) is 8.46. The van der Waals surface area contributed by atoms with Crippen LogP contribution in [-0.4, -0.2) is 77.8 Å². The molecule has 4 rings (SSSR count). The van der Waals surface area contributed by atoms with Gasteiger partial charge in [0, 0.05) is 16.7 Å². The van der Waals surface area contributed by atoms with E-state index < -0.39 is 35.1 Å². The Morgan fingerprint density at radius 2 is 1.82 bits per heavy atom. The number of aliphatic hydroxyl groups is 1. The number of Topliss-reactive ketones (excluding diaryl/α,β-unsaturated/α-hetero) is 1. The van der Waals surface area contributed by atoms with E-state index in [0.29, 0.717) is 12.8 Å². The van der Waals surface area contributed by atoms with Crippen molar-refractivity contribution in [2.45, 2.75) is 59.0 Å². The first-order chi connectivity index (χ1) is 17.9. The van der Waals surface area contributed by atoms with Crippen molar-refractivity contribution in [1.29, 1.82) is 0 Å². The van der Waals surface area contributed by atoms with Gasteiger partial charge in [0.25, 0.3) is 0 Å². The summed E-state index contributed by atoms with van der Waals surface area (Å²) in [5, 5.41) is 27.9. The molecule has 0 saturated heterocycles. The van der Waals surface area contributed by atoms with E-state index in [1.165, 1.54) is 0 Å². The van der Waals surface area contributed by atoms with Gasteiger partial charge in [-0.05, 0) is 61.5 Å². The van der Waals surface area contributed by atoms with Gasteiger partial charge in [-0.2, -0.15) is 0 Å². The predicted molar refractivity (Wildman–Crippen MR) is 131 cm³/mol. The Morgan fingerprint density at radius 3 is 2.55 bits per heavy atom. The first kappa shape index (κ1) is 28.8. The number of ketones is 2. The number of ether oxygens (including phenoxy) is 3. The Balaban J connectivity index is 1.33. The molecule has 212 valence electrons. The zero-order chi connectivity index (χ0) is 27.7. The van der Waals surface area contributed by atoms with Crippen LogP contribution in [0.25, 0.3) is 0 Å². The summed E-state index contributed by atoms with van der Waals surface area (Å²) in [5.74, 6) is 0.289. The minimum atomic E-state index is -0.972. The molecule has 3 fully saturated rings. The molecule has 0 aromatic heterocycles. The highest BCUT2D eigenvalue weighted by molar-refractivity contribution is 6.01. The lowest BCUT2D eigenvalue weighted by Gasteiger charge is -2.60. The van der Waals surface area contributed by atoms with Gasteiger partial charge in [-0.3, -0.25) is 20.0 Å². The molecule has 3 saturated carbocycles. The second-order valence-electron chi connectivity index (χ2n) is 11.6. The van der Waals surface area contributed by atoms with Crippen LogP contribution < -0.4 is 0 Å². The number of hydrogen-bond donors (Lipinski definition) is 3. The maximum absolute atomic E-state index is 13.5. The molecule has 0 heterocycles. The monoisotopic (exact) mass is 537 g/mol. The molecule has 38 heavy (non-hydrogen) atoms. The Hall–Kier alpha value is -2.15. The van der Waals surface area contributed by atoms with E-state index in [2.05, 4.69) is 18.7 Å². The molecule has 4 aliphatic rings. The lowest BCUT2D eigenvalue weighted by molar-refractivity contribution is -0.493. The smallest absolute Gasteiger partial charge is 0.432 e. The Bertz CT molecular complexity index is 994. The summed E-state index contributed by atoms with van der Waals surface area (Å²) in [5.41, 5.74) is -0.464. The van der Waals surface area contributed by atoms with E-state index in [9.17, 15) is 19.5 Å². The highest BCUT2D eigenvalue weighted by Crippen LogP contribution is 2.69. The van der Waals surface area contributed by atoms with Crippen molar-refractivity contribution in [3.05, 3.63) is 23.8 Å². The van der Waals surface area contributed by atoms with Crippen LogP contribution in [0.4, 0.5) is 4.79 Å². The van der Waals surface area contributed by atoms with Crippen molar-refractivity contribution in [1.82, 2.24) is 5.39 Å². The zero-order valence-electron chi connectivity index (χ0n) is 22.3. The normalized spacial score (nSPS) is 37.8. The molecule has 11 heteroatoms. The summed E-state index contributed by atoms with van der Waals surface area (Å²) >= 11 is 0. The molecule has 0 aromatic carbocycles. The fourth-order valence-electron chi connectivity index (χ4n) is 7.82. The second-order valence-corrected chi connectivity index (χ2v) is 11.6. The number of carbonyl (C=O) groups excluding carboxylic acids is 3. The van der Waals surface area contributed by atoms with Gasteiger partial charge in [0.2, 0.25) is 0 Å². The molecule has 4 aliphatic carbocycles. The molecule has 0 aromatic rings. The molecule has 0 amide bonds. The van der Waals surface area contributed by atoms with E-state index >= 15 is 0 Å². The minimum absolute atomic E-state index is 0.00269. The lowest BCUT2D eigenvalue weighted by atomic mass is 9.45. The first-order valence-corrected chi connectivity index (χ1v) is 13.3. The summed E-state index contributed by atoms with van der Waals surface area (Å²) < 4.78 is 15.2. The molecule has 0 spiro atoms. The maximum atomic E-state index is 13.5. The third-order valence-electron chi connectivity index (χ3n) is 9.92. The fraction of sp³-hybridized carbons (Fsp3) is 0.741. The van der Waals surface area contributed by atoms with Gasteiger partial charge in [-0.15, -0.1) is 0 Å². The quantitative estimate of drug-likeness (QED) is 0.214. The number of carbonyl (C=O) groups is 3. The van der Waals surface area contributed by atoms with Crippen molar-refractivity contribution >= 4 is 17.7 Å². The summed E-state index contributed by atoms with van der Waals surface area (Å²) in [6, 6.07) is 0. The lowest BCUT2D eigenvalue weighted by Crippen LogP contribution is -2.58. The number of fused-ring (bicyclic) bond motifs is 5. The van der Waals surface area contributed by atoms with Crippen LogP contribution in [0.2, 0.25) is 0 Å². The molecular formula is C27H39NO10. The number of nitrogens with zero attached hydrogens (tertiary/aromatic N) is 1. The van der Waals surface area contributed by atoms with Gasteiger partial charge in [0.05, 0.1) is 31.3 Å². The van der Waals surface area contributed by atoms with Crippen LogP contribution in [-0.2, 0) is 28.6 Å². The van der Waals surface area contributed by atoms with Crippen LogP contribution in [0, 0.1) is 34.0 Å². The van der Waals surface area contributed by atoms with Gasteiger partial charge in [-0.1, -0.05) is 32.4 Å². The topological polar surface area (TPSA) is 152 Å². The number of allylic oxidation sites excluding steroid dienone is 4. The van der Waals surface area contributed by atoms with Gasteiger partial charge < -0.3 is 19.3 Å². The van der Waals surface area contributed by atoms with Crippen LogP contribution in [0.5, 0.6) is 0 Å². The molecular weight excluding hydrogens is 498 g/mol. The molecule has 7 atom stereocenters. The number of hydrogen-bond acceptors (Lipinski definition) is 11. The molecule has 0 bridgehead atoms. The first-order valence-electron chi connectivity index (χ1n) is 13.3. The van der Waals surface area contributed by atoms with Crippen LogP contribution >= 0.6 is 0 Å². The van der Waals surface area contributed by atoms with Gasteiger partial charge in [0.1, 0.15) is 6.61 Å². The highest BCUT2D eigenvalue weighted by atomic mass is 17.1. The number of rotatable bonds is 10. The highest BCUT2D eigenvalue weighted by Gasteiger charge is 2.66. The van der Waals surface area contributed by atoms with E-state index in [1.54, 1.807) is 12.2 Å². The molecule has 3 N–H and O–H groups in total. The maximum Gasteiger partial charge on any atom is 0.508 e. The van der Waals surface area contributed by atoms with Crippen LogP contribution in [0.1, 0.15) is 52.9 Å². The third-order valence-corrected chi connectivity index (χ3v) is 9.92. The van der Waals surface area contributed by atoms with E-state index in [-0.39, 0.29) is 61.2 Å². The zero-order valence-corrected chi connectivity index (χ0v) is 22.3. The van der Waals surface area contributed by atoms with Gasteiger partial charge in [-0.25, -0.2) is 9.63 Å². The van der Waals surface area contributed by atoms with Crippen molar-refractivity contribution in [3.8, 4) is 0 Å². The third kappa shape index (κ3) is 5.20. The standard InChI is InChI=1S/C27H39NO10/c1-25-8-6-18(29)14-17(25)4-5-19-20-7-9-26(2,27(20,3)15-21(30)23(19)25)22(31)16-37-24(32)36-12-10-35-11-13-38-28(33)34/h6,8,14,19-21,23,30,33-34H,4-5,7,9-13,15-16H2,1-3H3/t19-,20-,21-,23+,25-,26+,27-/m0/s1. The van der Waals surface area contributed by atoms with Crippen LogP contribution in [0.15, 0.2) is 23.8 Å². The molecule has 11 nitrogen and oxygen atoms in total. The van der Waals surface area contributed by atoms with Gasteiger partial charge in [0.15, 0.2) is 18.2 Å². The van der Waals surface area contributed by atoms with Crippen molar-refractivity contribution in [2.75, 3.05) is 33.0 Å². The van der Waals surface area contributed by atoms with Crippen molar-refractivity contribution in [3.63, 3.8) is 0 Å². The second kappa shape index (κ2) is 11.1. The predicted octanol–water partition coefficient (Wildman–Crippen LogP) is 3.02. The number of aliphatic hydroxyl groups excluding tert-OH is 1. The largest absolute Gasteiger partial charge is 0.508 e. The summed E-state index contributed by atoms with van der Waals surface area (Å²) in [6.07, 6.45) is 7.42. The average molecular weight is 538 g/mol. The van der Waals surface area contributed by atoms with Gasteiger partial charge >= 0.3 is 6.16 Å². The molecule has 0 unspecified atom stereocenters. The SMILES string of the molecule is C[C@]12C=CC(=O)C=C1CC[C@@H]1[C@@H]2[C@@H](O)C[C@@]2(C)[C@H]1CC[C@]2(C)C(=O)COC(=O)OCCOCCON(O)O. The van der Waals surface area contributed by atoms with E-state index in [1.807, 2.05) is 13.0 Å². The Morgan fingerprint density at radius 1 is 1.08 bits per heavy atom. The molecule has 0 aliphatic heterocycles. The van der Waals surface area contributed by atoms with Crippen molar-refractivity contribution in [2.24, 2.45) is 34.0 Å². The average Bonchev–Trinajstić information content (AvgIpc) is 3.13. The van der Waals surface area contributed by atoms with Crippen LogP contribution in [0.3, 0.4) is 0 Å².